The van der Waals surface area contributed by atoms with Crippen molar-refractivity contribution in [2.45, 2.75) is 6.92 Å². The highest BCUT2D eigenvalue weighted by atomic mass is 16.3. The molecule has 2 aromatic heterocycles. The van der Waals surface area contributed by atoms with Gasteiger partial charge in [-0.25, -0.2) is 0 Å². The van der Waals surface area contributed by atoms with Crippen LogP contribution in [-0.4, -0.2) is 0 Å². The highest BCUT2D eigenvalue weighted by Gasteiger charge is 2.18. The molecule has 8 rings (SSSR count). The molecule has 0 aliphatic heterocycles. The van der Waals surface area contributed by atoms with Crippen LogP contribution in [0.5, 0.6) is 0 Å². The van der Waals surface area contributed by atoms with Crippen molar-refractivity contribution in [3.05, 3.63) is 157 Å². The Kier molecular flexibility index (Phi) is 6.16. The fourth-order valence-electron chi connectivity index (χ4n) is 6.31. The quantitative estimate of drug-likeness (QED) is 0.187. The second-order valence-electron chi connectivity index (χ2n) is 11.0. The third-order valence-electron chi connectivity index (χ3n) is 8.40. The van der Waals surface area contributed by atoms with E-state index in [4.69, 9.17) is 8.83 Å². The first-order valence-corrected chi connectivity index (χ1v) is 14.8. The molecule has 0 atom stereocenters. The van der Waals surface area contributed by atoms with Crippen LogP contribution in [0.1, 0.15) is 11.3 Å². The summed E-state index contributed by atoms with van der Waals surface area (Å²) in [6, 6.07) is 44.9. The molecule has 3 heteroatoms. The first-order valence-electron chi connectivity index (χ1n) is 14.8. The van der Waals surface area contributed by atoms with E-state index in [1.54, 1.807) is 6.08 Å². The van der Waals surface area contributed by atoms with E-state index in [1.807, 2.05) is 25.1 Å². The van der Waals surface area contributed by atoms with Crippen molar-refractivity contribution in [3.8, 4) is 11.1 Å². The minimum absolute atomic E-state index is 0.859. The number of benzene rings is 6. The molecule has 0 radical (unpaired) electrons. The molecular formula is C41H29NO2. The third kappa shape index (κ3) is 4.29. The van der Waals surface area contributed by atoms with Gasteiger partial charge < -0.3 is 13.7 Å². The number of anilines is 3. The van der Waals surface area contributed by atoms with Crippen LogP contribution in [0, 0.1) is 6.92 Å². The van der Waals surface area contributed by atoms with Gasteiger partial charge in [-0.05, 0) is 83.4 Å². The lowest BCUT2D eigenvalue weighted by Gasteiger charge is -2.26. The van der Waals surface area contributed by atoms with Crippen molar-refractivity contribution in [1.82, 2.24) is 0 Å². The van der Waals surface area contributed by atoms with Crippen molar-refractivity contribution in [2.24, 2.45) is 0 Å². The summed E-state index contributed by atoms with van der Waals surface area (Å²) in [5.74, 6) is 0.882. The minimum atomic E-state index is 0.859. The van der Waals surface area contributed by atoms with Crippen molar-refractivity contribution in [3.63, 3.8) is 0 Å². The molecule has 6 aromatic carbocycles. The van der Waals surface area contributed by atoms with Crippen LogP contribution in [0.2, 0.25) is 0 Å². The summed E-state index contributed by atoms with van der Waals surface area (Å²) in [5.41, 5.74) is 9.23. The van der Waals surface area contributed by atoms with Gasteiger partial charge in [0.15, 0.2) is 0 Å². The number of para-hydroxylation sites is 1. The lowest BCUT2D eigenvalue weighted by atomic mass is 9.98. The summed E-state index contributed by atoms with van der Waals surface area (Å²) in [7, 11) is 0. The summed E-state index contributed by atoms with van der Waals surface area (Å²) >= 11 is 0. The van der Waals surface area contributed by atoms with Gasteiger partial charge in [0.25, 0.3) is 0 Å². The maximum atomic E-state index is 6.17. The third-order valence-corrected chi connectivity index (χ3v) is 8.40. The Balaban J connectivity index is 1.31. The Morgan fingerprint density at radius 3 is 2.00 bits per heavy atom. The number of allylic oxidation sites excluding steroid dienone is 2. The van der Waals surface area contributed by atoms with E-state index in [0.29, 0.717) is 0 Å². The van der Waals surface area contributed by atoms with Gasteiger partial charge >= 0.3 is 0 Å². The average molecular weight is 568 g/mol. The molecule has 44 heavy (non-hydrogen) atoms. The SMILES string of the molecule is C=C/C=C\c1c(C)oc2ccc(N(c3ccc(-c4cccc5ccccc45)cc3)c3ccc4oc5ccccc5c4c3)cc12. The first-order chi connectivity index (χ1) is 21.7. The fourth-order valence-corrected chi connectivity index (χ4v) is 6.31. The summed E-state index contributed by atoms with van der Waals surface area (Å²) in [5, 5.41) is 5.74. The summed E-state index contributed by atoms with van der Waals surface area (Å²) in [6.45, 7) is 5.85. The van der Waals surface area contributed by atoms with Gasteiger partial charge in [0.1, 0.15) is 22.5 Å². The second kappa shape index (κ2) is 10.5. The number of fused-ring (bicyclic) bond motifs is 5. The standard InChI is InChI=1S/C41H29NO2/c1-3-4-12-33-27(2)43-40-23-21-31(25-37(33)40)42(32-22-24-41-38(26-32)36-14-7-8-16-39(36)44-41)30-19-17-29(18-20-30)35-15-9-11-28-10-5-6-13-34(28)35/h3-26H,1H2,2H3/b12-4-. The van der Waals surface area contributed by atoms with Crippen LogP contribution < -0.4 is 4.90 Å². The fraction of sp³-hybridized carbons (Fsp3) is 0.0244. The number of nitrogens with zero attached hydrogens (tertiary/aromatic N) is 1. The molecule has 210 valence electrons. The van der Waals surface area contributed by atoms with Crippen molar-refractivity contribution >= 4 is 66.8 Å². The van der Waals surface area contributed by atoms with Crippen LogP contribution in [-0.2, 0) is 0 Å². The number of rotatable bonds is 6. The molecule has 0 aliphatic carbocycles. The second-order valence-corrected chi connectivity index (χ2v) is 11.0. The van der Waals surface area contributed by atoms with E-state index in [1.165, 1.54) is 21.9 Å². The van der Waals surface area contributed by atoms with Crippen LogP contribution in [0.15, 0.2) is 155 Å². The molecule has 2 heterocycles. The van der Waals surface area contributed by atoms with E-state index >= 15 is 0 Å². The smallest absolute Gasteiger partial charge is 0.135 e. The van der Waals surface area contributed by atoms with E-state index in [2.05, 4.69) is 133 Å². The molecule has 0 bridgehead atoms. The minimum Gasteiger partial charge on any atom is -0.461 e. The lowest BCUT2D eigenvalue weighted by Crippen LogP contribution is -2.09. The Hall–Kier alpha value is -5.80. The maximum Gasteiger partial charge on any atom is 0.135 e. The average Bonchev–Trinajstić information content (AvgIpc) is 3.60. The van der Waals surface area contributed by atoms with Crippen molar-refractivity contribution in [1.29, 1.82) is 0 Å². The highest BCUT2D eigenvalue weighted by molar-refractivity contribution is 6.07. The number of furan rings is 2. The number of aryl methyl sites for hydroxylation is 1. The molecule has 0 fully saturated rings. The summed E-state index contributed by atoms with van der Waals surface area (Å²) in [4.78, 5) is 2.30. The van der Waals surface area contributed by atoms with E-state index in [9.17, 15) is 0 Å². The van der Waals surface area contributed by atoms with Gasteiger partial charge in [-0.15, -0.1) is 0 Å². The summed E-state index contributed by atoms with van der Waals surface area (Å²) < 4.78 is 12.3. The van der Waals surface area contributed by atoms with Gasteiger partial charge in [-0.3, -0.25) is 0 Å². The van der Waals surface area contributed by atoms with Gasteiger partial charge in [0.05, 0.1) is 0 Å². The molecule has 0 saturated heterocycles. The molecule has 0 spiro atoms. The first kappa shape index (κ1) is 25.9. The van der Waals surface area contributed by atoms with Crippen molar-refractivity contribution in [2.75, 3.05) is 4.90 Å². The molecule has 0 saturated carbocycles. The zero-order valence-electron chi connectivity index (χ0n) is 24.3. The van der Waals surface area contributed by atoms with Crippen LogP contribution in [0.4, 0.5) is 17.1 Å². The molecule has 0 aliphatic rings. The molecule has 0 N–H and O–H groups in total. The Morgan fingerprint density at radius 1 is 0.568 bits per heavy atom. The van der Waals surface area contributed by atoms with Gasteiger partial charge in [-0.2, -0.15) is 0 Å². The van der Waals surface area contributed by atoms with Crippen LogP contribution in [0.3, 0.4) is 0 Å². The predicted molar refractivity (Wildman–Crippen MR) is 185 cm³/mol. The van der Waals surface area contributed by atoms with Crippen LogP contribution in [0.25, 0.3) is 60.9 Å². The number of hydrogen-bond donors (Lipinski definition) is 0. The zero-order chi connectivity index (χ0) is 29.6. The molecule has 0 amide bonds. The Morgan fingerprint density at radius 2 is 1.20 bits per heavy atom. The topological polar surface area (TPSA) is 29.5 Å². The van der Waals surface area contributed by atoms with Crippen LogP contribution >= 0.6 is 0 Å². The molecule has 0 unspecified atom stereocenters. The predicted octanol–water partition coefficient (Wildman–Crippen LogP) is 12.1. The molecular weight excluding hydrogens is 538 g/mol. The number of hydrogen-bond acceptors (Lipinski definition) is 3. The van der Waals surface area contributed by atoms with E-state index in [-0.39, 0.29) is 0 Å². The summed E-state index contributed by atoms with van der Waals surface area (Å²) in [6.07, 6.45) is 5.80. The largest absolute Gasteiger partial charge is 0.461 e. The van der Waals surface area contributed by atoms with E-state index in [0.717, 1.165) is 61.3 Å². The maximum absolute atomic E-state index is 6.17. The monoisotopic (exact) mass is 567 g/mol. The van der Waals surface area contributed by atoms with Gasteiger partial charge in [-0.1, -0.05) is 97.6 Å². The Labute approximate surface area is 255 Å². The van der Waals surface area contributed by atoms with E-state index < -0.39 is 0 Å². The highest BCUT2D eigenvalue weighted by Crippen LogP contribution is 2.41. The van der Waals surface area contributed by atoms with Gasteiger partial charge in [0.2, 0.25) is 0 Å². The molecule has 8 aromatic rings. The Bertz CT molecular complexity index is 2360. The normalized spacial score (nSPS) is 11.8. The van der Waals surface area contributed by atoms with Gasteiger partial charge in [0, 0.05) is 38.8 Å². The van der Waals surface area contributed by atoms with Crippen molar-refractivity contribution < 1.29 is 8.83 Å². The lowest BCUT2D eigenvalue weighted by molar-refractivity contribution is 0.577. The molecule has 3 nitrogen and oxygen atoms in total. The zero-order valence-corrected chi connectivity index (χ0v) is 24.3.